The van der Waals surface area contributed by atoms with E-state index in [2.05, 4.69) is 48.5 Å². The molecular formula is C17H23N3. The van der Waals surface area contributed by atoms with E-state index in [4.69, 9.17) is 0 Å². The summed E-state index contributed by atoms with van der Waals surface area (Å²) in [4.78, 5) is 0. The van der Waals surface area contributed by atoms with E-state index in [1.165, 1.54) is 35.2 Å². The van der Waals surface area contributed by atoms with Gasteiger partial charge in [0.05, 0.1) is 6.20 Å². The Hall–Kier alpha value is -1.61. The molecule has 3 heteroatoms. The number of nitrogens with zero attached hydrogens (tertiary/aromatic N) is 2. The van der Waals surface area contributed by atoms with Crippen LogP contribution in [0.1, 0.15) is 54.1 Å². The SMILES string of the molecule is Cc1c(C(C)NCc2ccccc2C2CC2)cnn1C. The molecule has 3 nitrogen and oxygen atoms in total. The van der Waals surface area contributed by atoms with Gasteiger partial charge in [-0.1, -0.05) is 24.3 Å². The number of rotatable bonds is 5. The van der Waals surface area contributed by atoms with Crippen molar-refractivity contribution in [1.29, 1.82) is 0 Å². The summed E-state index contributed by atoms with van der Waals surface area (Å²) in [6.07, 6.45) is 4.68. The molecule has 0 amide bonds. The molecular weight excluding hydrogens is 246 g/mol. The largest absolute Gasteiger partial charge is 0.306 e. The Balaban J connectivity index is 1.69. The molecule has 0 aliphatic heterocycles. The van der Waals surface area contributed by atoms with E-state index in [1.807, 2.05) is 17.9 Å². The van der Waals surface area contributed by atoms with Crippen LogP contribution in [0.2, 0.25) is 0 Å². The number of benzene rings is 1. The van der Waals surface area contributed by atoms with Gasteiger partial charge in [-0.3, -0.25) is 4.68 Å². The third kappa shape index (κ3) is 2.63. The maximum absolute atomic E-state index is 4.32. The van der Waals surface area contributed by atoms with Gasteiger partial charge < -0.3 is 5.32 Å². The average molecular weight is 269 g/mol. The lowest BCUT2D eigenvalue weighted by atomic mass is 10.0. The zero-order valence-corrected chi connectivity index (χ0v) is 12.6. The van der Waals surface area contributed by atoms with Crippen molar-refractivity contribution >= 4 is 0 Å². The minimum absolute atomic E-state index is 0.330. The van der Waals surface area contributed by atoms with E-state index in [9.17, 15) is 0 Å². The first-order valence-corrected chi connectivity index (χ1v) is 7.46. The lowest BCUT2D eigenvalue weighted by Gasteiger charge is -2.15. The zero-order chi connectivity index (χ0) is 14.1. The molecule has 1 aliphatic carbocycles. The van der Waals surface area contributed by atoms with Crippen molar-refractivity contribution in [3.05, 3.63) is 52.8 Å². The van der Waals surface area contributed by atoms with Crippen LogP contribution >= 0.6 is 0 Å². The highest BCUT2D eigenvalue weighted by atomic mass is 15.3. The van der Waals surface area contributed by atoms with Gasteiger partial charge in [-0.2, -0.15) is 5.10 Å². The topological polar surface area (TPSA) is 29.9 Å². The molecule has 0 bridgehead atoms. The third-order valence-electron chi connectivity index (χ3n) is 4.41. The standard InChI is InChI=1S/C17H23N3/c1-12(17-11-19-20(3)13(17)2)18-10-15-6-4-5-7-16(15)14-8-9-14/h4-7,11-12,14,18H,8-10H2,1-3H3. The summed E-state index contributed by atoms with van der Waals surface area (Å²) < 4.78 is 1.94. The van der Waals surface area contributed by atoms with Gasteiger partial charge in [0.15, 0.2) is 0 Å². The van der Waals surface area contributed by atoms with Gasteiger partial charge in [0.1, 0.15) is 0 Å². The first-order chi connectivity index (χ1) is 9.66. The lowest BCUT2D eigenvalue weighted by Crippen LogP contribution is -2.19. The smallest absolute Gasteiger partial charge is 0.0540 e. The first kappa shape index (κ1) is 13.4. The molecule has 0 saturated heterocycles. The number of aromatic nitrogens is 2. The molecule has 3 rings (SSSR count). The number of hydrogen-bond acceptors (Lipinski definition) is 2. The highest BCUT2D eigenvalue weighted by molar-refractivity contribution is 5.33. The van der Waals surface area contributed by atoms with Gasteiger partial charge in [0.25, 0.3) is 0 Å². The molecule has 1 heterocycles. The molecule has 0 radical (unpaired) electrons. The first-order valence-electron chi connectivity index (χ1n) is 7.46. The van der Waals surface area contributed by atoms with Crippen LogP contribution in [0, 0.1) is 6.92 Å². The van der Waals surface area contributed by atoms with Gasteiger partial charge in [0, 0.05) is 30.9 Å². The van der Waals surface area contributed by atoms with E-state index in [0.717, 1.165) is 12.5 Å². The second kappa shape index (κ2) is 5.41. The van der Waals surface area contributed by atoms with Crippen LogP contribution in [-0.4, -0.2) is 9.78 Å². The molecule has 1 aromatic carbocycles. The second-order valence-corrected chi connectivity index (χ2v) is 5.88. The van der Waals surface area contributed by atoms with Crippen LogP contribution in [0.4, 0.5) is 0 Å². The zero-order valence-electron chi connectivity index (χ0n) is 12.6. The van der Waals surface area contributed by atoms with E-state index in [1.54, 1.807) is 0 Å². The van der Waals surface area contributed by atoms with Gasteiger partial charge >= 0.3 is 0 Å². The highest BCUT2D eigenvalue weighted by Crippen LogP contribution is 2.41. The van der Waals surface area contributed by atoms with E-state index >= 15 is 0 Å². The molecule has 1 N–H and O–H groups in total. The summed E-state index contributed by atoms with van der Waals surface area (Å²) in [6, 6.07) is 9.17. The Morgan fingerprint density at radius 2 is 2.10 bits per heavy atom. The molecule has 1 aliphatic rings. The van der Waals surface area contributed by atoms with Crippen LogP contribution in [0.3, 0.4) is 0 Å². The van der Waals surface area contributed by atoms with Crippen molar-refractivity contribution in [1.82, 2.24) is 15.1 Å². The second-order valence-electron chi connectivity index (χ2n) is 5.88. The van der Waals surface area contributed by atoms with Crippen LogP contribution in [0.15, 0.2) is 30.5 Å². The normalized spacial score (nSPS) is 16.4. The van der Waals surface area contributed by atoms with Crippen molar-refractivity contribution in [2.75, 3.05) is 0 Å². The molecule has 1 aromatic heterocycles. The van der Waals surface area contributed by atoms with Crippen molar-refractivity contribution in [2.24, 2.45) is 7.05 Å². The van der Waals surface area contributed by atoms with Gasteiger partial charge in [-0.05, 0) is 43.7 Å². The predicted octanol–water partition coefficient (Wildman–Crippen LogP) is 3.46. The molecule has 20 heavy (non-hydrogen) atoms. The summed E-state index contributed by atoms with van der Waals surface area (Å²) >= 11 is 0. The van der Waals surface area contributed by atoms with Gasteiger partial charge in [0.2, 0.25) is 0 Å². The predicted molar refractivity (Wildman–Crippen MR) is 81.6 cm³/mol. The van der Waals surface area contributed by atoms with Crippen molar-refractivity contribution in [2.45, 2.75) is 45.2 Å². The lowest BCUT2D eigenvalue weighted by molar-refractivity contribution is 0.568. The van der Waals surface area contributed by atoms with Crippen LogP contribution in [-0.2, 0) is 13.6 Å². The molecule has 1 saturated carbocycles. The molecule has 1 unspecified atom stereocenters. The van der Waals surface area contributed by atoms with Crippen molar-refractivity contribution in [3.63, 3.8) is 0 Å². The van der Waals surface area contributed by atoms with Crippen LogP contribution < -0.4 is 5.32 Å². The Kier molecular flexibility index (Phi) is 3.62. The van der Waals surface area contributed by atoms with E-state index < -0.39 is 0 Å². The summed E-state index contributed by atoms with van der Waals surface area (Å²) in [6.45, 7) is 5.27. The summed E-state index contributed by atoms with van der Waals surface area (Å²) in [5.41, 5.74) is 5.51. The third-order valence-corrected chi connectivity index (χ3v) is 4.41. The quantitative estimate of drug-likeness (QED) is 0.901. The fraction of sp³-hybridized carbons (Fsp3) is 0.471. The number of aryl methyl sites for hydroxylation is 1. The summed E-state index contributed by atoms with van der Waals surface area (Å²) in [5.74, 6) is 0.809. The summed E-state index contributed by atoms with van der Waals surface area (Å²) in [5, 5.41) is 7.96. The fourth-order valence-corrected chi connectivity index (χ4v) is 2.80. The Bertz CT molecular complexity index is 596. The van der Waals surface area contributed by atoms with Crippen molar-refractivity contribution < 1.29 is 0 Å². The van der Waals surface area contributed by atoms with Gasteiger partial charge in [-0.25, -0.2) is 0 Å². The molecule has 1 fully saturated rings. The number of hydrogen-bond donors (Lipinski definition) is 1. The minimum atomic E-state index is 0.330. The van der Waals surface area contributed by atoms with E-state index in [0.29, 0.717) is 6.04 Å². The Morgan fingerprint density at radius 3 is 2.75 bits per heavy atom. The summed E-state index contributed by atoms with van der Waals surface area (Å²) in [7, 11) is 1.99. The average Bonchev–Trinajstić information content (AvgIpc) is 3.24. The minimum Gasteiger partial charge on any atom is -0.306 e. The molecule has 106 valence electrons. The van der Waals surface area contributed by atoms with Crippen LogP contribution in [0.5, 0.6) is 0 Å². The fourth-order valence-electron chi connectivity index (χ4n) is 2.80. The molecule has 2 aromatic rings. The number of nitrogens with one attached hydrogen (secondary N) is 1. The molecule has 0 spiro atoms. The molecule has 1 atom stereocenters. The van der Waals surface area contributed by atoms with E-state index in [-0.39, 0.29) is 0 Å². The highest BCUT2D eigenvalue weighted by Gasteiger charge is 2.25. The maximum Gasteiger partial charge on any atom is 0.0540 e. The maximum atomic E-state index is 4.32. The Labute approximate surface area is 121 Å². The van der Waals surface area contributed by atoms with Crippen molar-refractivity contribution in [3.8, 4) is 0 Å². The van der Waals surface area contributed by atoms with Gasteiger partial charge in [-0.15, -0.1) is 0 Å². The Morgan fingerprint density at radius 1 is 1.35 bits per heavy atom. The van der Waals surface area contributed by atoms with Crippen LogP contribution in [0.25, 0.3) is 0 Å². The monoisotopic (exact) mass is 269 g/mol.